The predicted octanol–water partition coefficient (Wildman–Crippen LogP) is 15.5. The third kappa shape index (κ3) is 6.05. The van der Waals surface area contributed by atoms with E-state index in [0.717, 1.165) is 34.7 Å². The Morgan fingerprint density at radius 1 is 0.390 bits per heavy atom. The summed E-state index contributed by atoms with van der Waals surface area (Å²) in [5.41, 5.74) is 20.8. The quantitative estimate of drug-likeness (QED) is 0.150. The molecule has 278 valence electrons. The zero-order valence-electron chi connectivity index (χ0n) is 32.6. The molecule has 0 N–H and O–H groups in total. The second-order valence-corrected chi connectivity index (χ2v) is 15.4. The van der Waals surface area contributed by atoms with E-state index in [2.05, 4.69) is 228 Å². The second kappa shape index (κ2) is 14.4. The van der Waals surface area contributed by atoms with Gasteiger partial charge in [0.15, 0.2) is 0 Å². The van der Waals surface area contributed by atoms with Crippen molar-refractivity contribution in [2.24, 2.45) is 0 Å². The molecule has 0 spiro atoms. The highest BCUT2D eigenvalue weighted by atomic mass is 15.1. The summed E-state index contributed by atoms with van der Waals surface area (Å²) in [6, 6.07) is 77.3. The Balaban J connectivity index is 0.934. The minimum atomic E-state index is 0.966. The first-order valence-electron chi connectivity index (χ1n) is 20.3. The Labute approximate surface area is 345 Å². The zero-order valence-corrected chi connectivity index (χ0v) is 32.6. The average Bonchev–Trinajstić information content (AvgIpc) is 3.86. The van der Waals surface area contributed by atoms with Crippen LogP contribution in [0.1, 0.15) is 16.7 Å². The van der Waals surface area contributed by atoms with Gasteiger partial charge in [0, 0.05) is 33.5 Å². The van der Waals surface area contributed by atoms with E-state index < -0.39 is 0 Å². The van der Waals surface area contributed by atoms with E-state index in [1.807, 2.05) is 6.08 Å². The molecule has 0 unspecified atom stereocenters. The topological polar surface area (TPSA) is 8.17 Å². The molecule has 2 nitrogen and oxygen atoms in total. The molecule has 1 aliphatic rings. The van der Waals surface area contributed by atoms with Crippen molar-refractivity contribution in [2.45, 2.75) is 6.42 Å². The second-order valence-electron chi connectivity index (χ2n) is 15.4. The standard InChI is InChI=1S/C57H40N2/c1-2-39-18-20-40(21-19-39)41-22-30-46(31-23-41)58(48-36-28-44(29-37-48)50-14-9-15-52-51-11-4-3-10-45(51)38-55(50)52)47-32-24-42(25-33-47)43-26-34-49(35-27-43)59-56-16-7-5-12-53(56)54-13-6-8-17-57(54)59/h2-37H,1,38H2. The molecule has 0 bridgehead atoms. The van der Waals surface area contributed by atoms with Crippen molar-refractivity contribution in [1.82, 2.24) is 4.57 Å². The lowest BCUT2D eigenvalue weighted by Crippen LogP contribution is -2.09. The van der Waals surface area contributed by atoms with E-state index in [-0.39, 0.29) is 0 Å². The van der Waals surface area contributed by atoms with Crippen molar-refractivity contribution in [3.05, 3.63) is 236 Å². The largest absolute Gasteiger partial charge is 0.311 e. The molecular weight excluding hydrogens is 713 g/mol. The van der Waals surface area contributed by atoms with Gasteiger partial charge in [-0.2, -0.15) is 0 Å². The highest BCUT2D eigenvalue weighted by molar-refractivity contribution is 6.09. The number of benzene rings is 9. The molecule has 0 fully saturated rings. The summed E-state index contributed by atoms with van der Waals surface area (Å²) in [6.45, 7) is 3.92. The van der Waals surface area contributed by atoms with E-state index in [9.17, 15) is 0 Å². The average molecular weight is 753 g/mol. The van der Waals surface area contributed by atoms with E-state index in [0.29, 0.717) is 0 Å². The molecule has 0 atom stereocenters. The highest BCUT2D eigenvalue weighted by Crippen LogP contribution is 2.43. The lowest BCUT2D eigenvalue weighted by atomic mass is 9.95. The van der Waals surface area contributed by atoms with Gasteiger partial charge in [0.1, 0.15) is 0 Å². The van der Waals surface area contributed by atoms with Gasteiger partial charge in [0.25, 0.3) is 0 Å². The maximum absolute atomic E-state index is 3.92. The predicted molar refractivity (Wildman–Crippen MR) is 250 cm³/mol. The third-order valence-corrected chi connectivity index (χ3v) is 12.1. The summed E-state index contributed by atoms with van der Waals surface area (Å²) in [4.78, 5) is 2.36. The first-order chi connectivity index (χ1) is 29.2. The van der Waals surface area contributed by atoms with E-state index in [1.54, 1.807) is 0 Å². The van der Waals surface area contributed by atoms with Crippen molar-refractivity contribution in [2.75, 3.05) is 4.90 Å². The first-order valence-corrected chi connectivity index (χ1v) is 20.3. The van der Waals surface area contributed by atoms with Gasteiger partial charge in [0.2, 0.25) is 0 Å². The molecule has 0 radical (unpaired) electrons. The van der Waals surface area contributed by atoms with Crippen molar-refractivity contribution in [1.29, 1.82) is 0 Å². The van der Waals surface area contributed by atoms with Crippen LogP contribution >= 0.6 is 0 Å². The van der Waals surface area contributed by atoms with Crippen LogP contribution in [0.3, 0.4) is 0 Å². The van der Waals surface area contributed by atoms with Crippen LogP contribution < -0.4 is 4.90 Å². The molecule has 0 amide bonds. The Hall–Kier alpha value is -7.68. The van der Waals surface area contributed by atoms with Crippen molar-refractivity contribution in [3.8, 4) is 50.2 Å². The number of hydrogen-bond donors (Lipinski definition) is 0. The number of nitrogens with zero attached hydrogens (tertiary/aromatic N) is 2. The summed E-state index contributed by atoms with van der Waals surface area (Å²) in [5, 5.41) is 2.54. The van der Waals surface area contributed by atoms with E-state index in [4.69, 9.17) is 0 Å². The van der Waals surface area contributed by atoms with Gasteiger partial charge in [-0.25, -0.2) is 0 Å². The molecule has 59 heavy (non-hydrogen) atoms. The number of para-hydroxylation sites is 2. The summed E-state index contributed by atoms with van der Waals surface area (Å²) in [6.07, 6.45) is 2.85. The molecule has 9 aromatic carbocycles. The minimum absolute atomic E-state index is 0.966. The molecule has 1 aromatic heterocycles. The molecule has 0 saturated carbocycles. The van der Waals surface area contributed by atoms with Gasteiger partial charge in [-0.3, -0.25) is 0 Å². The highest BCUT2D eigenvalue weighted by Gasteiger charge is 2.22. The number of fused-ring (bicyclic) bond motifs is 6. The Morgan fingerprint density at radius 3 is 1.39 bits per heavy atom. The van der Waals surface area contributed by atoms with Gasteiger partial charge >= 0.3 is 0 Å². The van der Waals surface area contributed by atoms with Crippen LogP contribution in [0.15, 0.2) is 219 Å². The van der Waals surface area contributed by atoms with Crippen LogP contribution in [-0.2, 0) is 6.42 Å². The van der Waals surface area contributed by atoms with Crippen molar-refractivity contribution >= 4 is 44.9 Å². The molecule has 0 aliphatic heterocycles. The molecule has 2 heteroatoms. The fourth-order valence-electron chi connectivity index (χ4n) is 9.09. The summed E-state index contributed by atoms with van der Waals surface area (Å²) >= 11 is 0. The maximum Gasteiger partial charge on any atom is 0.0541 e. The number of rotatable bonds is 8. The molecule has 10 aromatic rings. The van der Waals surface area contributed by atoms with Crippen LogP contribution in [0.25, 0.3) is 78.1 Å². The first kappa shape index (κ1) is 34.6. The third-order valence-electron chi connectivity index (χ3n) is 12.1. The molecule has 0 saturated heterocycles. The fraction of sp³-hybridized carbons (Fsp3) is 0.0175. The van der Waals surface area contributed by atoms with Gasteiger partial charge < -0.3 is 9.47 Å². The van der Waals surface area contributed by atoms with Crippen LogP contribution in [-0.4, -0.2) is 4.57 Å². The number of hydrogen-bond acceptors (Lipinski definition) is 1. The van der Waals surface area contributed by atoms with E-state index in [1.165, 1.54) is 77.4 Å². The Morgan fingerprint density at radius 2 is 0.831 bits per heavy atom. The monoisotopic (exact) mass is 752 g/mol. The number of aromatic nitrogens is 1. The normalized spacial score (nSPS) is 11.7. The van der Waals surface area contributed by atoms with Gasteiger partial charge in [0.05, 0.1) is 11.0 Å². The van der Waals surface area contributed by atoms with Crippen LogP contribution in [0, 0.1) is 0 Å². The van der Waals surface area contributed by atoms with Gasteiger partial charge in [-0.15, -0.1) is 0 Å². The zero-order chi connectivity index (χ0) is 39.3. The summed E-state index contributed by atoms with van der Waals surface area (Å²) in [7, 11) is 0. The lowest BCUT2D eigenvalue weighted by Gasteiger charge is -2.26. The molecule has 1 aliphatic carbocycles. The lowest BCUT2D eigenvalue weighted by molar-refractivity contribution is 1.18. The van der Waals surface area contributed by atoms with Crippen LogP contribution in [0.4, 0.5) is 17.1 Å². The maximum atomic E-state index is 3.92. The summed E-state index contributed by atoms with van der Waals surface area (Å²) < 4.78 is 2.37. The SMILES string of the molecule is C=Cc1ccc(-c2ccc(N(c3ccc(-c4ccc(-n5c6ccccc6c6ccccc65)cc4)cc3)c3ccc(-c4cccc5c4Cc4ccccc4-5)cc3)cc2)cc1. The van der Waals surface area contributed by atoms with Crippen molar-refractivity contribution < 1.29 is 0 Å². The van der Waals surface area contributed by atoms with Crippen LogP contribution in [0.5, 0.6) is 0 Å². The van der Waals surface area contributed by atoms with Crippen molar-refractivity contribution in [3.63, 3.8) is 0 Å². The number of anilines is 3. The van der Waals surface area contributed by atoms with Crippen LogP contribution in [0.2, 0.25) is 0 Å². The Bertz CT molecular complexity index is 3100. The Kier molecular flexibility index (Phi) is 8.41. The minimum Gasteiger partial charge on any atom is -0.311 e. The van der Waals surface area contributed by atoms with E-state index >= 15 is 0 Å². The fourth-order valence-corrected chi connectivity index (χ4v) is 9.09. The molecule has 11 rings (SSSR count). The summed E-state index contributed by atoms with van der Waals surface area (Å²) in [5.74, 6) is 0. The molecule has 1 heterocycles. The van der Waals surface area contributed by atoms with Gasteiger partial charge in [-0.1, -0.05) is 164 Å². The smallest absolute Gasteiger partial charge is 0.0541 e. The van der Waals surface area contributed by atoms with Gasteiger partial charge in [-0.05, 0) is 128 Å². The molecular formula is C57H40N2.